The number of hydrogen-bond acceptors (Lipinski definition) is 7. The molecule has 2 aliphatic rings. The Morgan fingerprint density at radius 3 is 1.85 bits per heavy atom. The number of nitrogens with one attached hydrogen (secondary N) is 2. The number of methoxy groups -OCH3 is 1. The van der Waals surface area contributed by atoms with Crippen LogP contribution >= 0.6 is 0 Å². The van der Waals surface area contributed by atoms with E-state index in [1.54, 1.807) is 43.8 Å². The minimum atomic E-state index is -1.20. The number of nitrogens with zero attached hydrogens (tertiary/aromatic N) is 3. The first-order valence-electron chi connectivity index (χ1n) is 13.0. The summed E-state index contributed by atoms with van der Waals surface area (Å²) >= 11 is 0. The number of aryl methyl sites for hydroxylation is 1. The monoisotopic (exact) mass is 563 g/mol. The van der Waals surface area contributed by atoms with E-state index in [4.69, 9.17) is 4.74 Å². The van der Waals surface area contributed by atoms with Gasteiger partial charge < -0.3 is 40.0 Å². The zero-order valence-electron chi connectivity index (χ0n) is 23.1. The molecule has 14 heteroatoms. The molecule has 0 aliphatic carbocycles. The normalized spacial score (nSPS) is 22.7. The van der Waals surface area contributed by atoms with E-state index in [1.807, 2.05) is 0 Å². The SMILES string of the molecule is COCC(=O)N[C@H]1C[C@@H](C(=O)O)N(C(=O)CC(C)(C)CC(=O)N2C[C@@H](NC(=O)c3cccn3C)C[C@H]2C(=O)O)C1. The average Bonchev–Trinajstić information content (AvgIpc) is 3.56. The first-order chi connectivity index (χ1) is 18.7. The molecule has 4 amide bonds. The molecule has 220 valence electrons. The van der Waals surface area contributed by atoms with Crippen LogP contribution in [-0.2, 0) is 35.8 Å². The van der Waals surface area contributed by atoms with E-state index in [-0.39, 0.29) is 51.3 Å². The number of ether oxygens (including phenoxy) is 1. The van der Waals surface area contributed by atoms with Gasteiger partial charge in [-0.15, -0.1) is 0 Å². The minimum Gasteiger partial charge on any atom is -0.480 e. The molecule has 4 atom stereocenters. The van der Waals surface area contributed by atoms with Crippen molar-refractivity contribution in [1.82, 2.24) is 25.0 Å². The number of carboxylic acids is 2. The van der Waals surface area contributed by atoms with E-state index in [1.165, 1.54) is 16.9 Å². The van der Waals surface area contributed by atoms with Gasteiger partial charge in [-0.25, -0.2) is 9.59 Å². The number of carbonyl (C=O) groups is 6. The van der Waals surface area contributed by atoms with E-state index >= 15 is 0 Å². The number of amides is 4. The van der Waals surface area contributed by atoms with E-state index in [0.717, 1.165) is 0 Å². The third-order valence-electron chi connectivity index (χ3n) is 7.22. The summed E-state index contributed by atoms with van der Waals surface area (Å²) < 4.78 is 6.41. The van der Waals surface area contributed by atoms with Crippen LogP contribution in [0.4, 0.5) is 0 Å². The predicted molar refractivity (Wildman–Crippen MR) is 139 cm³/mol. The van der Waals surface area contributed by atoms with Crippen LogP contribution in [0, 0.1) is 5.41 Å². The third kappa shape index (κ3) is 7.37. The van der Waals surface area contributed by atoms with Gasteiger partial charge in [-0.05, 0) is 17.5 Å². The van der Waals surface area contributed by atoms with Gasteiger partial charge in [0.2, 0.25) is 17.7 Å². The number of carbonyl (C=O) groups excluding carboxylic acids is 4. The Labute approximate surface area is 231 Å². The van der Waals surface area contributed by atoms with Crippen molar-refractivity contribution >= 4 is 35.6 Å². The summed E-state index contributed by atoms with van der Waals surface area (Å²) in [5.41, 5.74) is -0.527. The molecular formula is C26H37N5O9. The van der Waals surface area contributed by atoms with Gasteiger partial charge in [0.15, 0.2) is 0 Å². The Morgan fingerprint density at radius 1 is 0.925 bits per heavy atom. The van der Waals surface area contributed by atoms with E-state index in [9.17, 15) is 39.0 Å². The number of aliphatic carboxylic acids is 2. The summed E-state index contributed by atoms with van der Waals surface area (Å²) in [5, 5.41) is 24.8. The minimum absolute atomic E-state index is 0.00498. The third-order valence-corrected chi connectivity index (χ3v) is 7.22. The molecule has 1 aromatic heterocycles. The lowest BCUT2D eigenvalue weighted by Crippen LogP contribution is -2.45. The van der Waals surface area contributed by atoms with Crippen molar-refractivity contribution in [2.24, 2.45) is 12.5 Å². The topological polar surface area (TPSA) is 188 Å². The molecule has 1 aromatic rings. The quantitative estimate of drug-likeness (QED) is 0.273. The van der Waals surface area contributed by atoms with Gasteiger partial charge in [-0.3, -0.25) is 19.2 Å². The molecule has 4 N–H and O–H groups in total. The van der Waals surface area contributed by atoms with Crippen LogP contribution in [-0.4, -0.2) is 111 Å². The fraction of sp³-hybridized carbons (Fsp3) is 0.615. The van der Waals surface area contributed by atoms with Crippen LogP contribution in [0.15, 0.2) is 18.3 Å². The zero-order chi connectivity index (χ0) is 29.8. The summed E-state index contributed by atoms with van der Waals surface area (Å²) in [7, 11) is 3.07. The summed E-state index contributed by atoms with van der Waals surface area (Å²) in [5.74, 6) is -4.17. The number of hydrogen-bond donors (Lipinski definition) is 4. The van der Waals surface area contributed by atoms with Gasteiger partial charge in [-0.2, -0.15) is 0 Å². The van der Waals surface area contributed by atoms with Crippen molar-refractivity contribution in [2.75, 3.05) is 26.8 Å². The van der Waals surface area contributed by atoms with Crippen LogP contribution in [0.1, 0.15) is 50.0 Å². The van der Waals surface area contributed by atoms with Gasteiger partial charge in [0, 0.05) is 71.2 Å². The van der Waals surface area contributed by atoms with Crippen molar-refractivity contribution in [1.29, 1.82) is 0 Å². The summed E-state index contributed by atoms with van der Waals surface area (Å²) in [6.45, 7) is 3.17. The molecule has 0 spiro atoms. The molecule has 3 rings (SSSR count). The number of likely N-dealkylation sites (tertiary alicyclic amines) is 2. The van der Waals surface area contributed by atoms with Crippen LogP contribution in [0.2, 0.25) is 0 Å². The molecule has 3 heterocycles. The second kappa shape index (κ2) is 12.5. The fourth-order valence-electron chi connectivity index (χ4n) is 5.34. The van der Waals surface area contributed by atoms with Crippen molar-refractivity contribution in [3.8, 4) is 0 Å². The fourth-order valence-corrected chi connectivity index (χ4v) is 5.34. The van der Waals surface area contributed by atoms with Gasteiger partial charge in [0.05, 0.1) is 0 Å². The molecule has 2 saturated heterocycles. The number of rotatable bonds is 11. The maximum absolute atomic E-state index is 13.3. The Hall–Kier alpha value is -3.94. The smallest absolute Gasteiger partial charge is 0.326 e. The summed E-state index contributed by atoms with van der Waals surface area (Å²) in [6.07, 6.45) is 1.46. The van der Waals surface area contributed by atoms with Crippen molar-refractivity contribution in [3.63, 3.8) is 0 Å². The lowest BCUT2D eigenvalue weighted by Gasteiger charge is -2.31. The van der Waals surface area contributed by atoms with Gasteiger partial charge >= 0.3 is 11.9 Å². The molecular weight excluding hydrogens is 526 g/mol. The van der Waals surface area contributed by atoms with Gasteiger partial charge in [0.25, 0.3) is 5.91 Å². The first-order valence-corrected chi connectivity index (χ1v) is 13.0. The highest BCUT2D eigenvalue weighted by atomic mass is 16.5. The average molecular weight is 564 g/mol. The van der Waals surface area contributed by atoms with Crippen molar-refractivity contribution < 1.29 is 43.7 Å². The molecule has 2 fully saturated rings. The maximum atomic E-state index is 13.3. The molecule has 0 bridgehead atoms. The highest BCUT2D eigenvalue weighted by Gasteiger charge is 2.44. The van der Waals surface area contributed by atoms with Crippen LogP contribution < -0.4 is 10.6 Å². The number of aromatic nitrogens is 1. The second-order valence-electron chi connectivity index (χ2n) is 11.2. The van der Waals surface area contributed by atoms with E-state index in [0.29, 0.717) is 5.69 Å². The lowest BCUT2D eigenvalue weighted by atomic mass is 9.84. The van der Waals surface area contributed by atoms with Gasteiger partial charge in [0.1, 0.15) is 24.4 Å². The summed E-state index contributed by atoms with van der Waals surface area (Å²) in [6, 6.07) is -0.0442. The molecule has 0 aromatic carbocycles. The Kier molecular flexibility index (Phi) is 9.56. The molecule has 0 saturated carbocycles. The second-order valence-corrected chi connectivity index (χ2v) is 11.2. The Morgan fingerprint density at radius 2 is 1.43 bits per heavy atom. The highest BCUT2D eigenvalue weighted by Crippen LogP contribution is 2.31. The highest BCUT2D eigenvalue weighted by molar-refractivity contribution is 5.93. The van der Waals surface area contributed by atoms with Crippen molar-refractivity contribution in [3.05, 3.63) is 24.0 Å². The molecule has 2 aliphatic heterocycles. The summed E-state index contributed by atoms with van der Waals surface area (Å²) in [4.78, 5) is 77.1. The van der Waals surface area contributed by atoms with Crippen LogP contribution in [0.25, 0.3) is 0 Å². The van der Waals surface area contributed by atoms with Crippen LogP contribution in [0.3, 0.4) is 0 Å². The van der Waals surface area contributed by atoms with E-state index < -0.39 is 59.2 Å². The number of carboxylic acid groups (broad SMARTS) is 2. The van der Waals surface area contributed by atoms with Gasteiger partial charge in [-0.1, -0.05) is 13.8 Å². The Bertz CT molecular complexity index is 1160. The van der Waals surface area contributed by atoms with E-state index in [2.05, 4.69) is 10.6 Å². The van der Waals surface area contributed by atoms with Crippen LogP contribution in [0.5, 0.6) is 0 Å². The lowest BCUT2D eigenvalue weighted by molar-refractivity contribution is -0.150. The first kappa shape index (κ1) is 30.6. The molecule has 0 radical (unpaired) electrons. The molecule has 14 nitrogen and oxygen atoms in total. The molecule has 40 heavy (non-hydrogen) atoms. The predicted octanol–water partition coefficient (Wildman–Crippen LogP) is -0.568. The Balaban J connectivity index is 1.62. The standard InChI is InChI=1S/C26H37N5O9/c1-26(2,10-21(33)30-12-15(8-18(30)24(36)37)27-20(32)14-40-4)11-22(34)31-13-16(9-19(31)25(38)39)28-23(35)17-6-5-7-29(17)3/h5-7,15-16,18-19H,8-14H2,1-4H3,(H,27,32)(H,28,35)(H,36,37)(H,38,39)/t15-,16-,18-,19-/m0/s1. The zero-order valence-corrected chi connectivity index (χ0v) is 23.1. The molecule has 0 unspecified atom stereocenters. The largest absolute Gasteiger partial charge is 0.480 e. The van der Waals surface area contributed by atoms with Crippen molar-refractivity contribution in [2.45, 2.75) is 63.7 Å². The maximum Gasteiger partial charge on any atom is 0.326 e.